The van der Waals surface area contributed by atoms with Gasteiger partial charge in [-0.25, -0.2) is 4.79 Å². The predicted molar refractivity (Wildman–Crippen MR) is 112 cm³/mol. The van der Waals surface area contributed by atoms with Crippen molar-refractivity contribution in [1.29, 1.82) is 5.26 Å². The summed E-state index contributed by atoms with van der Waals surface area (Å²) in [4.78, 5) is 42.3. The third-order valence-electron chi connectivity index (χ3n) is 4.79. The van der Waals surface area contributed by atoms with Crippen LogP contribution in [0.4, 0.5) is 11.5 Å². The standard InChI is InChI=1S/C21H20N6O3/c1-25(19(28)15-8-10-23-11-9-15)16-6-4-14(5-7-16)13-24-18-17(12-22)20(29)27(3)21(30)26(18)2/h4-11,24H,13H2,1-3H3. The molecule has 0 aliphatic carbocycles. The number of hydrogen-bond donors (Lipinski definition) is 1. The lowest BCUT2D eigenvalue weighted by atomic mass is 10.1. The molecule has 0 fully saturated rings. The number of anilines is 2. The number of carbonyl (C=O) groups is 1. The van der Waals surface area contributed by atoms with E-state index in [4.69, 9.17) is 0 Å². The molecule has 3 aromatic rings. The second kappa shape index (κ2) is 8.45. The van der Waals surface area contributed by atoms with Gasteiger partial charge in [-0.3, -0.25) is 23.7 Å². The normalized spacial score (nSPS) is 10.3. The lowest BCUT2D eigenvalue weighted by Crippen LogP contribution is -2.39. The van der Waals surface area contributed by atoms with E-state index in [0.717, 1.165) is 10.1 Å². The lowest BCUT2D eigenvalue weighted by molar-refractivity contribution is 0.0993. The summed E-state index contributed by atoms with van der Waals surface area (Å²) in [6.45, 7) is 0.289. The maximum atomic E-state index is 12.5. The average molecular weight is 404 g/mol. The van der Waals surface area contributed by atoms with Gasteiger partial charge in [0.2, 0.25) is 0 Å². The number of hydrogen-bond acceptors (Lipinski definition) is 6. The van der Waals surface area contributed by atoms with Crippen molar-refractivity contribution < 1.29 is 4.79 Å². The number of nitriles is 1. The van der Waals surface area contributed by atoms with Crippen molar-refractivity contribution in [3.8, 4) is 6.07 Å². The lowest BCUT2D eigenvalue weighted by Gasteiger charge is -2.18. The summed E-state index contributed by atoms with van der Waals surface area (Å²) in [6.07, 6.45) is 3.13. The molecule has 0 saturated heterocycles. The Kier molecular flexibility index (Phi) is 5.78. The molecule has 0 spiro atoms. The quantitative estimate of drug-likeness (QED) is 0.685. The highest BCUT2D eigenvalue weighted by Gasteiger charge is 2.16. The molecule has 9 nitrogen and oxygen atoms in total. The maximum absolute atomic E-state index is 12.5. The van der Waals surface area contributed by atoms with E-state index >= 15 is 0 Å². The molecule has 0 bridgehead atoms. The fourth-order valence-corrected chi connectivity index (χ4v) is 2.98. The summed E-state index contributed by atoms with van der Waals surface area (Å²) in [5, 5.41) is 12.3. The SMILES string of the molecule is CN(C(=O)c1ccncc1)c1ccc(CNc2c(C#N)c(=O)n(C)c(=O)n2C)cc1. The molecule has 0 saturated carbocycles. The van der Waals surface area contributed by atoms with Crippen molar-refractivity contribution in [2.45, 2.75) is 6.54 Å². The minimum Gasteiger partial charge on any atom is -0.366 e. The summed E-state index contributed by atoms with van der Waals surface area (Å²) in [5.41, 5.74) is 0.801. The van der Waals surface area contributed by atoms with Gasteiger partial charge in [0.15, 0.2) is 5.56 Å². The molecular formula is C21H20N6O3. The van der Waals surface area contributed by atoms with Crippen LogP contribution in [0.2, 0.25) is 0 Å². The molecule has 3 rings (SSSR count). The van der Waals surface area contributed by atoms with Gasteiger partial charge < -0.3 is 10.2 Å². The first-order chi connectivity index (χ1) is 14.3. The van der Waals surface area contributed by atoms with E-state index in [1.165, 1.54) is 23.6 Å². The fraction of sp³-hybridized carbons (Fsp3) is 0.190. The molecule has 0 atom stereocenters. The maximum Gasteiger partial charge on any atom is 0.332 e. The van der Waals surface area contributed by atoms with Crippen LogP contribution in [0.3, 0.4) is 0 Å². The number of carbonyl (C=O) groups excluding carboxylic acids is 1. The van der Waals surface area contributed by atoms with Gasteiger partial charge in [-0.2, -0.15) is 5.26 Å². The molecule has 0 aliphatic heterocycles. The Balaban J connectivity index is 1.78. The Morgan fingerprint density at radius 3 is 2.33 bits per heavy atom. The van der Waals surface area contributed by atoms with Crippen LogP contribution in [0, 0.1) is 11.3 Å². The van der Waals surface area contributed by atoms with Crippen molar-refractivity contribution in [3.63, 3.8) is 0 Å². The Hall–Kier alpha value is -4.19. The van der Waals surface area contributed by atoms with Crippen molar-refractivity contribution >= 4 is 17.4 Å². The Bertz CT molecular complexity index is 1240. The average Bonchev–Trinajstić information content (AvgIpc) is 2.79. The molecule has 9 heteroatoms. The van der Waals surface area contributed by atoms with Gasteiger partial charge in [0.05, 0.1) is 0 Å². The Morgan fingerprint density at radius 2 is 1.73 bits per heavy atom. The fourth-order valence-electron chi connectivity index (χ4n) is 2.98. The van der Waals surface area contributed by atoms with Gasteiger partial charge in [-0.05, 0) is 29.8 Å². The van der Waals surface area contributed by atoms with Crippen molar-refractivity contribution in [3.05, 3.63) is 86.3 Å². The molecule has 30 heavy (non-hydrogen) atoms. The zero-order valence-electron chi connectivity index (χ0n) is 16.8. The van der Waals surface area contributed by atoms with Gasteiger partial charge in [0, 0.05) is 51.3 Å². The summed E-state index contributed by atoms with van der Waals surface area (Å²) < 4.78 is 2.13. The number of nitrogens with one attached hydrogen (secondary N) is 1. The second-order valence-electron chi connectivity index (χ2n) is 6.66. The molecule has 2 aromatic heterocycles. The second-order valence-corrected chi connectivity index (χ2v) is 6.66. The van der Waals surface area contributed by atoms with Crippen LogP contribution in [0.1, 0.15) is 21.5 Å². The van der Waals surface area contributed by atoms with Gasteiger partial charge in [0.1, 0.15) is 11.9 Å². The molecule has 1 aromatic carbocycles. The van der Waals surface area contributed by atoms with E-state index in [0.29, 0.717) is 11.3 Å². The number of benzene rings is 1. The van der Waals surface area contributed by atoms with Crippen LogP contribution < -0.4 is 21.5 Å². The Labute approximate surface area is 172 Å². The van der Waals surface area contributed by atoms with Crippen LogP contribution >= 0.6 is 0 Å². The molecule has 1 N–H and O–H groups in total. The molecule has 0 radical (unpaired) electrons. The van der Waals surface area contributed by atoms with E-state index in [2.05, 4.69) is 10.3 Å². The van der Waals surface area contributed by atoms with E-state index in [1.54, 1.807) is 43.7 Å². The van der Waals surface area contributed by atoms with Crippen molar-refractivity contribution in [2.75, 3.05) is 17.3 Å². The first-order valence-electron chi connectivity index (χ1n) is 9.06. The number of pyridine rings is 1. The minimum absolute atomic E-state index is 0.126. The number of nitrogens with zero attached hydrogens (tertiary/aromatic N) is 5. The van der Waals surface area contributed by atoms with E-state index in [9.17, 15) is 19.6 Å². The highest BCUT2D eigenvalue weighted by Crippen LogP contribution is 2.17. The number of aromatic nitrogens is 3. The molecule has 1 amide bonds. The zero-order chi connectivity index (χ0) is 21.8. The summed E-state index contributed by atoms with van der Waals surface area (Å²) >= 11 is 0. The third-order valence-corrected chi connectivity index (χ3v) is 4.79. The summed E-state index contributed by atoms with van der Waals surface area (Å²) in [5.74, 6) is 0.0109. The van der Waals surface area contributed by atoms with Crippen LogP contribution in [0.5, 0.6) is 0 Å². The molecule has 152 valence electrons. The highest BCUT2D eigenvalue weighted by molar-refractivity contribution is 6.05. The van der Waals surface area contributed by atoms with Crippen LogP contribution in [0.15, 0.2) is 58.4 Å². The zero-order valence-corrected chi connectivity index (χ0v) is 16.8. The summed E-state index contributed by atoms with van der Waals surface area (Å²) in [6, 6.07) is 12.4. The first kappa shape index (κ1) is 20.5. The van der Waals surface area contributed by atoms with Gasteiger partial charge in [-0.15, -0.1) is 0 Å². The highest BCUT2D eigenvalue weighted by atomic mass is 16.2. The largest absolute Gasteiger partial charge is 0.366 e. The van der Waals surface area contributed by atoms with Gasteiger partial charge in [0.25, 0.3) is 11.5 Å². The number of amides is 1. The van der Waals surface area contributed by atoms with Crippen molar-refractivity contribution in [1.82, 2.24) is 14.1 Å². The van der Waals surface area contributed by atoms with Crippen LogP contribution in [0.25, 0.3) is 0 Å². The van der Waals surface area contributed by atoms with Crippen molar-refractivity contribution in [2.24, 2.45) is 14.1 Å². The predicted octanol–water partition coefficient (Wildman–Crippen LogP) is 1.24. The van der Waals surface area contributed by atoms with Gasteiger partial charge in [-0.1, -0.05) is 12.1 Å². The smallest absolute Gasteiger partial charge is 0.332 e. The van der Waals surface area contributed by atoms with E-state index in [1.807, 2.05) is 18.2 Å². The molecule has 2 heterocycles. The topological polar surface area (TPSA) is 113 Å². The Morgan fingerprint density at radius 1 is 1.10 bits per heavy atom. The number of rotatable bonds is 5. The van der Waals surface area contributed by atoms with Crippen LogP contribution in [-0.2, 0) is 20.6 Å². The summed E-state index contributed by atoms with van der Waals surface area (Å²) in [7, 11) is 4.51. The molecule has 0 aliphatic rings. The van der Waals surface area contributed by atoms with Gasteiger partial charge >= 0.3 is 5.69 Å². The molecular weight excluding hydrogens is 384 g/mol. The first-order valence-corrected chi connectivity index (χ1v) is 9.06. The molecule has 0 unspecified atom stereocenters. The van der Waals surface area contributed by atoms with Crippen LogP contribution in [-0.4, -0.2) is 27.1 Å². The van der Waals surface area contributed by atoms with E-state index in [-0.39, 0.29) is 23.8 Å². The third kappa shape index (κ3) is 3.84. The van der Waals surface area contributed by atoms with E-state index < -0.39 is 11.2 Å². The monoisotopic (exact) mass is 404 g/mol. The minimum atomic E-state index is -0.644.